The zero-order valence-electron chi connectivity index (χ0n) is 10.6. The molecule has 0 fully saturated rings. The van der Waals surface area contributed by atoms with Crippen LogP contribution in [-0.4, -0.2) is 24.3 Å². The van der Waals surface area contributed by atoms with Gasteiger partial charge in [-0.25, -0.2) is 4.79 Å². The number of benzene rings is 1. The molecule has 1 rings (SSSR count). The van der Waals surface area contributed by atoms with E-state index in [0.29, 0.717) is 0 Å². The van der Waals surface area contributed by atoms with Crippen LogP contribution in [0.4, 0.5) is 4.79 Å². The van der Waals surface area contributed by atoms with E-state index in [1.807, 2.05) is 20.8 Å². The number of carbonyl (C=O) groups is 1. The van der Waals surface area contributed by atoms with E-state index in [2.05, 4.69) is 28.8 Å². The van der Waals surface area contributed by atoms with Gasteiger partial charge in [0.05, 0.1) is 12.6 Å². The molecule has 1 aromatic carbocycles. The molecule has 94 valence electrons. The molecule has 0 saturated heterocycles. The van der Waals surface area contributed by atoms with Crippen LogP contribution in [0.15, 0.2) is 18.2 Å². The normalized spacial score (nSPS) is 12.0. The standard InChI is InChI=1S/C13H20N2O2/c1-9-6-10(2)8-12(7-9)11(3)15-13(17)14-4-5-16/h6-8,11,16H,4-5H2,1-3H3,(H2,14,15,17). The Morgan fingerprint density at radius 2 is 1.88 bits per heavy atom. The van der Waals surface area contributed by atoms with Crippen LogP contribution in [0, 0.1) is 13.8 Å². The molecule has 0 saturated carbocycles. The van der Waals surface area contributed by atoms with Crippen molar-refractivity contribution in [3.05, 3.63) is 34.9 Å². The Morgan fingerprint density at radius 1 is 1.29 bits per heavy atom. The van der Waals surface area contributed by atoms with Crippen LogP contribution in [0.2, 0.25) is 0 Å². The topological polar surface area (TPSA) is 61.4 Å². The highest BCUT2D eigenvalue weighted by molar-refractivity contribution is 5.74. The van der Waals surface area contributed by atoms with Gasteiger partial charge in [-0.1, -0.05) is 29.3 Å². The fraction of sp³-hybridized carbons (Fsp3) is 0.462. The molecule has 1 atom stereocenters. The van der Waals surface area contributed by atoms with Crippen molar-refractivity contribution in [2.45, 2.75) is 26.8 Å². The molecular weight excluding hydrogens is 216 g/mol. The summed E-state index contributed by atoms with van der Waals surface area (Å²) in [6, 6.07) is 5.91. The largest absolute Gasteiger partial charge is 0.395 e. The van der Waals surface area contributed by atoms with Gasteiger partial charge in [-0.15, -0.1) is 0 Å². The number of aliphatic hydroxyl groups excluding tert-OH is 1. The Labute approximate surface area is 102 Å². The average molecular weight is 236 g/mol. The van der Waals surface area contributed by atoms with Gasteiger partial charge >= 0.3 is 6.03 Å². The number of amides is 2. The summed E-state index contributed by atoms with van der Waals surface area (Å²) in [6.07, 6.45) is 0. The first-order valence-corrected chi connectivity index (χ1v) is 5.76. The van der Waals surface area contributed by atoms with Gasteiger partial charge in [-0.3, -0.25) is 0 Å². The lowest BCUT2D eigenvalue weighted by molar-refractivity contribution is 0.231. The van der Waals surface area contributed by atoms with Crippen LogP contribution < -0.4 is 10.6 Å². The van der Waals surface area contributed by atoms with E-state index in [1.54, 1.807) is 0 Å². The second kappa shape index (κ2) is 6.25. The van der Waals surface area contributed by atoms with Gasteiger partial charge in [0.25, 0.3) is 0 Å². The highest BCUT2D eigenvalue weighted by atomic mass is 16.3. The van der Waals surface area contributed by atoms with Crippen molar-refractivity contribution >= 4 is 6.03 Å². The molecule has 0 heterocycles. The minimum atomic E-state index is -0.259. The molecule has 17 heavy (non-hydrogen) atoms. The molecular formula is C13H20N2O2. The maximum absolute atomic E-state index is 11.4. The van der Waals surface area contributed by atoms with Crippen molar-refractivity contribution in [2.75, 3.05) is 13.2 Å². The number of nitrogens with one attached hydrogen (secondary N) is 2. The highest BCUT2D eigenvalue weighted by Crippen LogP contribution is 2.16. The molecule has 0 aliphatic rings. The van der Waals surface area contributed by atoms with Crippen LogP contribution in [0.1, 0.15) is 29.7 Å². The van der Waals surface area contributed by atoms with Gasteiger partial charge in [0.2, 0.25) is 0 Å². The van der Waals surface area contributed by atoms with Crippen molar-refractivity contribution in [1.29, 1.82) is 0 Å². The lowest BCUT2D eigenvalue weighted by atomic mass is 10.0. The van der Waals surface area contributed by atoms with Crippen LogP contribution in [0.25, 0.3) is 0 Å². The number of hydrogen-bond acceptors (Lipinski definition) is 2. The van der Waals surface area contributed by atoms with E-state index in [1.165, 1.54) is 11.1 Å². The summed E-state index contributed by atoms with van der Waals surface area (Å²) >= 11 is 0. The van der Waals surface area contributed by atoms with E-state index < -0.39 is 0 Å². The molecule has 4 heteroatoms. The molecule has 0 spiro atoms. The zero-order chi connectivity index (χ0) is 12.8. The summed E-state index contributed by atoms with van der Waals surface area (Å²) in [5.41, 5.74) is 3.45. The Bertz CT molecular complexity index is 371. The maximum Gasteiger partial charge on any atom is 0.315 e. The van der Waals surface area contributed by atoms with E-state index in [9.17, 15) is 4.79 Å². The summed E-state index contributed by atoms with van der Waals surface area (Å²) in [7, 11) is 0. The van der Waals surface area contributed by atoms with Gasteiger partial charge in [-0.2, -0.15) is 0 Å². The zero-order valence-corrected chi connectivity index (χ0v) is 10.6. The Hall–Kier alpha value is -1.55. The first-order chi connectivity index (χ1) is 8.02. The van der Waals surface area contributed by atoms with Crippen molar-refractivity contribution in [3.63, 3.8) is 0 Å². The lowest BCUT2D eigenvalue weighted by Gasteiger charge is -2.16. The van der Waals surface area contributed by atoms with Crippen LogP contribution in [0.3, 0.4) is 0 Å². The molecule has 4 nitrogen and oxygen atoms in total. The minimum Gasteiger partial charge on any atom is -0.395 e. The molecule has 0 aliphatic heterocycles. The Morgan fingerprint density at radius 3 is 2.41 bits per heavy atom. The third-order valence-electron chi connectivity index (χ3n) is 2.49. The van der Waals surface area contributed by atoms with E-state index in [-0.39, 0.29) is 25.2 Å². The monoisotopic (exact) mass is 236 g/mol. The van der Waals surface area contributed by atoms with Gasteiger partial charge in [0.1, 0.15) is 0 Å². The number of aliphatic hydroxyl groups is 1. The summed E-state index contributed by atoms with van der Waals surface area (Å²) in [5.74, 6) is 0. The third-order valence-corrected chi connectivity index (χ3v) is 2.49. The summed E-state index contributed by atoms with van der Waals surface area (Å²) in [5, 5.41) is 14.0. The van der Waals surface area contributed by atoms with Gasteiger partial charge in [-0.05, 0) is 26.3 Å². The van der Waals surface area contributed by atoms with Crippen molar-refractivity contribution in [1.82, 2.24) is 10.6 Å². The molecule has 0 aliphatic carbocycles. The first-order valence-electron chi connectivity index (χ1n) is 5.76. The molecule has 2 amide bonds. The van der Waals surface area contributed by atoms with Crippen molar-refractivity contribution in [2.24, 2.45) is 0 Å². The molecule has 3 N–H and O–H groups in total. The Balaban J connectivity index is 2.63. The predicted molar refractivity (Wildman–Crippen MR) is 68.0 cm³/mol. The maximum atomic E-state index is 11.4. The minimum absolute atomic E-state index is 0.0488. The third kappa shape index (κ3) is 4.44. The van der Waals surface area contributed by atoms with E-state index in [4.69, 9.17) is 5.11 Å². The average Bonchev–Trinajstić information content (AvgIpc) is 2.25. The highest BCUT2D eigenvalue weighted by Gasteiger charge is 2.09. The first kappa shape index (κ1) is 13.5. The smallest absolute Gasteiger partial charge is 0.315 e. The quantitative estimate of drug-likeness (QED) is 0.744. The molecule has 0 bridgehead atoms. The summed E-state index contributed by atoms with van der Waals surface area (Å²) < 4.78 is 0. The van der Waals surface area contributed by atoms with Crippen molar-refractivity contribution in [3.8, 4) is 0 Å². The SMILES string of the molecule is Cc1cc(C)cc(C(C)NC(=O)NCCO)c1. The Kier molecular flexibility index (Phi) is 4.97. The predicted octanol–water partition coefficient (Wildman–Crippen LogP) is 1.66. The summed E-state index contributed by atoms with van der Waals surface area (Å²) in [4.78, 5) is 11.4. The fourth-order valence-electron chi connectivity index (χ4n) is 1.76. The summed E-state index contributed by atoms with van der Waals surface area (Å²) in [6.45, 7) is 6.23. The van der Waals surface area contributed by atoms with Gasteiger partial charge < -0.3 is 15.7 Å². The van der Waals surface area contributed by atoms with Crippen LogP contribution in [0.5, 0.6) is 0 Å². The number of urea groups is 1. The van der Waals surface area contributed by atoms with Crippen LogP contribution >= 0.6 is 0 Å². The number of aryl methyl sites for hydroxylation is 2. The molecule has 0 aromatic heterocycles. The number of hydrogen-bond donors (Lipinski definition) is 3. The van der Waals surface area contributed by atoms with E-state index >= 15 is 0 Å². The fourth-order valence-corrected chi connectivity index (χ4v) is 1.76. The number of rotatable bonds is 4. The van der Waals surface area contributed by atoms with Gasteiger partial charge in [0, 0.05) is 6.54 Å². The molecule has 1 aromatic rings. The van der Waals surface area contributed by atoms with Gasteiger partial charge in [0.15, 0.2) is 0 Å². The van der Waals surface area contributed by atoms with Crippen molar-refractivity contribution < 1.29 is 9.90 Å². The molecule has 1 unspecified atom stereocenters. The lowest BCUT2D eigenvalue weighted by Crippen LogP contribution is -2.38. The second-order valence-corrected chi connectivity index (χ2v) is 4.27. The second-order valence-electron chi connectivity index (χ2n) is 4.27. The van der Waals surface area contributed by atoms with Crippen LogP contribution in [-0.2, 0) is 0 Å². The van der Waals surface area contributed by atoms with E-state index in [0.717, 1.165) is 5.56 Å². The molecule has 0 radical (unpaired) electrons. The number of carbonyl (C=O) groups excluding carboxylic acids is 1.